The number of carbonyl (C=O) groups is 1. The molecule has 114 valence electrons. The molecule has 0 spiro atoms. The van der Waals surface area contributed by atoms with Gasteiger partial charge in [-0.05, 0) is 18.6 Å². The SMILES string of the molecule is Cc1ccc([N+](=O)[O-])c(OCCC(=O)N2CCNCC2)c1. The molecule has 0 radical (unpaired) electrons. The lowest BCUT2D eigenvalue weighted by Crippen LogP contribution is -2.46. The molecule has 0 aliphatic carbocycles. The molecule has 1 saturated heterocycles. The Balaban J connectivity index is 1.89. The predicted molar refractivity (Wildman–Crippen MR) is 77.4 cm³/mol. The summed E-state index contributed by atoms with van der Waals surface area (Å²) in [5.74, 6) is 0.236. The van der Waals surface area contributed by atoms with Crippen molar-refractivity contribution in [3.63, 3.8) is 0 Å². The van der Waals surface area contributed by atoms with Gasteiger partial charge in [0.25, 0.3) is 0 Å². The zero-order chi connectivity index (χ0) is 15.2. The molecule has 1 N–H and O–H groups in total. The smallest absolute Gasteiger partial charge is 0.310 e. The van der Waals surface area contributed by atoms with E-state index in [-0.39, 0.29) is 30.4 Å². The maximum atomic E-state index is 12.0. The summed E-state index contributed by atoms with van der Waals surface area (Å²) in [6.07, 6.45) is 0.227. The number of ether oxygens (including phenoxy) is 1. The maximum Gasteiger partial charge on any atom is 0.310 e. The van der Waals surface area contributed by atoms with Crippen molar-refractivity contribution in [1.82, 2.24) is 10.2 Å². The van der Waals surface area contributed by atoms with Gasteiger partial charge >= 0.3 is 5.69 Å². The molecule has 1 aromatic carbocycles. The van der Waals surface area contributed by atoms with E-state index in [0.29, 0.717) is 13.1 Å². The highest BCUT2D eigenvalue weighted by Gasteiger charge is 2.18. The molecule has 0 unspecified atom stereocenters. The maximum absolute atomic E-state index is 12.0. The van der Waals surface area contributed by atoms with Crippen LogP contribution in [0, 0.1) is 17.0 Å². The van der Waals surface area contributed by atoms with Crippen LogP contribution in [0.3, 0.4) is 0 Å². The zero-order valence-electron chi connectivity index (χ0n) is 12.0. The summed E-state index contributed by atoms with van der Waals surface area (Å²) in [6.45, 7) is 4.98. The lowest BCUT2D eigenvalue weighted by Gasteiger charge is -2.27. The van der Waals surface area contributed by atoms with Gasteiger partial charge in [-0.15, -0.1) is 0 Å². The number of rotatable bonds is 5. The summed E-state index contributed by atoms with van der Waals surface area (Å²) < 4.78 is 5.44. The highest BCUT2D eigenvalue weighted by molar-refractivity contribution is 5.76. The van der Waals surface area contributed by atoms with Gasteiger partial charge in [-0.25, -0.2) is 0 Å². The van der Waals surface area contributed by atoms with E-state index in [9.17, 15) is 14.9 Å². The summed E-state index contributed by atoms with van der Waals surface area (Å²) in [7, 11) is 0. The fraction of sp³-hybridized carbons (Fsp3) is 0.500. The number of benzene rings is 1. The molecule has 1 amide bonds. The van der Waals surface area contributed by atoms with Crippen molar-refractivity contribution in [3.05, 3.63) is 33.9 Å². The van der Waals surface area contributed by atoms with Crippen LogP contribution in [0.2, 0.25) is 0 Å². The van der Waals surface area contributed by atoms with E-state index in [1.54, 1.807) is 17.0 Å². The molecule has 1 fully saturated rings. The molecule has 1 aromatic rings. The van der Waals surface area contributed by atoms with Gasteiger partial charge in [0.2, 0.25) is 5.91 Å². The fourth-order valence-electron chi connectivity index (χ4n) is 2.21. The van der Waals surface area contributed by atoms with Gasteiger partial charge in [0.1, 0.15) is 0 Å². The van der Waals surface area contributed by atoms with E-state index in [1.807, 2.05) is 6.92 Å². The Morgan fingerprint density at radius 1 is 1.43 bits per heavy atom. The van der Waals surface area contributed by atoms with Crippen molar-refractivity contribution >= 4 is 11.6 Å². The molecule has 7 nitrogen and oxygen atoms in total. The Morgan fingerprint density at radius 3 is 2.81 bits per heavy atom. The first-order valence-corrected chi connectivity index (χ1v) is 6.94. The van der Waals surface area contributed by atoms with Crippen LogP contribution >= 0.6 is 0 Å². The Morgan fingerprint density at radius 2 is 2.14 bits per heavy atom. The van der Waals surface area contributed by atoms with E-state index in [2.05, 4.69) is 5.32 Å². The van der Waals surface area contributed by atoms with Crippen LogP contribution in [0.25, 0.3) is 0 Å². The second kappa shape index (κ2) is 7.03. The van der Waals surface area contributed by atoms with Crippen molar-refractivity contribution in [2.24, 2.45) is 0 Å². The van der Waals surface area contributed by atoms with Crippen molar-refractivity contribution < 1.29 is 14.5 Å². The molecule has 0 saturated carbocycles. The molecular weight excluding hydrogens is 274 g/mol. The Labute approximate surface area is 123 Å². The molecule has 21 heavy (non-hydrogen) atoms. The van der Waals surface area contributed by atoms with Crippen molar-refractivity contribution in [2.45, 2.75) is 13.3 Å². The van der Waals surface area contributed by atoms with Crippen LogP contribution in [0.1, 0.15) is 12.0 Å². The molecule has 1 aliphatic rings. The molecule has 1 heterocycles. The number of aryl methyl sites for hydroxylation is 1. The first kappa shape index (κ1) is 15.2. The molecule has 0 aromatic heterocycles. The quantitative estimate of drug-likeness (QED) is 0.649. The van der Waals surface area contributed by atoms with Gasteiger partial charge in [-0.2, -0.15) is 0 Å². The average Bonchev–Trinajstić information content (AvgIpc) is 2.48. The molecule has 1 aliphatic heterocycles. The third kappa shape index (κ3) is 4.16. The van der Waals surface area contributed by atoms with E-state index in [1.165, 1.54) is 6.07 Å². The predicted octanol–water partition coefficient (Wildman–Crippen LogP) is 1.10. The topological polar surface area (TPSA) is 84.7 Å². The van der Waals surface area contributed by atoms with Gasteiger partial charge in [-0.1, -0.05) is 6.07 Å². The highest BCUT2D eigenvalue weighted by atomic mass is 16.6. The summed E-state index contributed by atoms with van der Waals surface area (Å²) >= 11 is 0. The fourth-order valence-corrected chi connectivity index (χ4v) is 2.21. The van der Waals surface area contributed by atoms with Crippen molar-refractivity contribution in [1.29, 1.82) is 0 Å². The minimum Gasteiger partial charge on any atom is -0.486 e. The van der Waals surface area contributed by atoms with Crippen LogP contribution < -0.4 is 10.1 Å². The van der Waals surface area contributed by atoms with E-state index < -0.39 is 4.92 Å². The summed E-state index contributed by atoms with van der Waals surface area (Å²) in [5, 5.41) is 14.1. The number of amides is 1. The standard InChI is InChI=1S/C14H19N3O4/c1-11-2-3-12(17(19)20)13(10-11)21-9-4-14(18)16-7-5-15-6-8-16/h2-3,10,15H,4-9H2,1H3. The number of carbonyl (C=O) groups excluding carboxylic acids is 1. The minimum absolute atomic E-state index is 0.0202. The van der Waals surface area contributed by atoms with Crippen LogP contribution in [0.5, 0.6) is 5.75 Å². The second-order valence-electron chi connectivity index (χ2n) is 4.96. The Hall–Kier alpha value is -2.15. The average molecular weight is 293 g/mol. The second-order valence-corrected chi connectivity index (χ2v) is 4.96. The van der Waals surface area contributed by atoms with Gasteiger partial charge in [0, 0.05) is 32.2 Å². The number of nitro groups is 1. The lowest BCUT2D eigenvalue weighted by molar-refractivity contribution is -0.385. The third-order valence-electron chi connectivity index (χ3n) is 3.36. The number of hydrogen-bond acceptors (Lipinski definition) is 5. The minimum atomic E-state index is -0.479. The van der Waals surface area contributed by atoms with Crippen molar-refractivity contribution in [3.8, 4) is 5.75 Å². The number of nitrogens with one attached hydrogen (secondary N) is 1. The number of hydrogen-bond donors (Lipinski definition) is 1. The first-order chi connectivity index (χ1) is 10.1. The van der Waals surface area contributed by atoms with Gasteiger partial charge in [0.15, 0.2) is 5.75 Å². The number of nitrogens with zero attached hydrogens (tertiary/aromatic N) is 2. The van der Waals surface area contributed by atoms with E-state index in [0.717, 1.165) is 18.7 Å². The molecule has 7 heteroatoms. The van der Waals surface area contributed by atoms with E-state index >= 15 is 0 Å². The van der Waals surface area contributed by atoms with Crippen LogP contribution in [0.15, 0.2) is 18.2 Å². The first-order valence-electron chi connectivity index (χ1n) is 6.94. The highest BCUT2D eigenvalue weighted by Crippen LogP contribution is 2.27. The summed E-state index contributed by atoms with van der Waals surface area (Å²) in [5.41, 5.74) is 0.805. The molecular formula is C14H19N3O4. The van der Waals surface area contributed by atoms with Gasteiger partial charge < -0.3 is 15.0 Å². The van der Waals surface area contributed by atoms with Crippen LogP contribution in [-0.4, -0.2) is 48.5 Å². The number of piperazine rings is 1. The monoisotopic (exact) mass is 293 g/mol. The molecule has 2 rings (SSSR count). The lowest BCUT2D eigenvalue weighted by atomic mass is 10.2. The van der Waals surface area contributed by atoms with Gasteiger partial charge in [0.05, 0.1) is 18.0 Å². The normalized spacial score (nSPS) is 14.8. The third-order valence-corrected chi connectivity index (χ3v) is 3.36. The molecule has 0 atom stereocenters. The van der Waals surface area contributed by atoms with Crippen molar-refractivity contribution in [2.75, 3.05) is 32.8 Å². The van der Waals surface area contributed by atoms with Crippen LogP contribution in [-0.2, 0) is 4.79 Å². The Kier molecular flexibility index (Phi) is 5.10. The zero-order valence-corrected chi connectivity index (χ0v) is 12.0. The van der Waals surface area contributed by atoms with E-state index in [4.69, 9.17) is 4.74 Å². The molecule has 0 bridgehead atoms. The largest absolute Gasteiger partial charge is 0.486 e. The summed E-state index contributed by atoms with van der Waals surface area (Å²) in [6, 6.07) is 4.70. The van der Waals surface area contributed by atoms with Gasteiger partial charge in [-0.3, -0.25) is 14.9 Å². The Bertz CT molecular complexity index is 527. The number of nitro benzene ring substituents is 1. The summed E-state index contributed by atoms with van der Waals surface area (Å²) in [4.78, 5) is 24.2. The van der Waals surface area contributed by atoms with Crippen LogP contribution in [0.4, 0.5) is 5.69 Å².